The van der Waals surface area contributed by atoms with E-state index >= 15 is 0 Å². The van der Waals surface area contributed by atoms with Crippen LogP contribution in [0, 0.1) is 13.8 Å². The minimum atomic E-state index is -4.84. The van der Waals surface area contributed by atoms with Crippen LogP contribution in [0.15, 0.2) is 16.9 Å². The number of aryl methyl sites for hydroxylation is 2. The van der Waals surface area contributed by atoms with Gasteiger partial charge in [0, 0.05) is 13.1 Å². The number of hydrogen-bond donors (Lipinski definition) is 2. The average Bonchev–Trinajstić information content (AvgIpc) is 2.82. The van der Waals surface area contributed by atoms with Crippen molar-refractivity contribution in [2.75, 3.05) is 11.9 Å². The van der Waals surface area contributed by atoms with E-state index < -0.39 is 23.5 Å². The van der Waals surface area contributed by atoms with Crippen molar-refractivity contribution in [2.45, 2.75) is 33.0 Å². The predicted octanol–water partition coefficient (Wildman–Crippen LogP) is 5.14. The number of carboxylic acid groups (broad SMARTS) is 1. The highest BCUT2D eigenvalue weighted by Gasteiger charge is 2.41. The molecule has 5 nitrogen and oxygen atoms in total. The zero-order chi connectivity index (χ0) is 19.6. The lowest BCUT2D eigenvalue weighted by Crippen LogP contribution is -2.17. The Labute approximate surface area is 161 Å². The summed E-state index contributed by atoms with van der Waals surface area (Å²) in [6.07, 6.45) is -4.47. The molecule has 0 saturated heterocycles. The van der Waals surface area contributed by atoms with Crippen molar-refractivity contribution < 1.29 is 23.1 Å². The second-order valence-electron chi connectivity index (χ2n) is 5.75. The number of rotatable bonds is 6. The molecule has 0 atom stereocenters. The largest absolute Gasteiger partial charge is 0.477 e. The van der Waals surface area contributed by atoms with Crippen LogP contribution in [0.1, 0.15) is 33.7 Å². The van der Waals surface area contributed by atoms with Crippen molar-refractivity contribution in [3.05, 3.63) is 44.4 Å². The van der Waals surface area contributed by atoms with E-state index in [1.54, 1.807) is 0 Å². The standard InChI is InChI=1S/C16H16BrClF3N3O2/c1-8-6-9(2)11(10(18)7-8)22-4-3-5-24-12(14(25)26)13(16(19,20)21)23-15(24)17/h6-7,22H,3-5H2,1-2H3,(H,25,26). The zero-order valence-corrected chi connectivity index (χ0v) is 16.3. The van der Waals surface area contributed by atoms with E-state index in [4.69, 9.17) is 16.7 Å². The third-order valence-electron chi connectivity index (χ3n) is 3.68. The van der Waals surface area contributed by atoms with Crippen LogP contribution in [-0.2, 0) is 12.7 Å². The zero-order valence-electron chi connectivity index (χ0n) is 13.9. The number of carbonyl (C=O) groups is 1. The third-order valence-corrected chi connectivity index (χ3v) is 4.59. The summed E-state index contributed by atoms with van der Waals surface area (Å²) in [6, 6.07) is 3.76. The average molecular weight is 455 g/mol. The summed E-state index contributed by atoms with van der Waals surface area (Å²) in [7, 11) is 0. The first kappa shape index (κ1) is 20.6. The Balaban J connectivity index is 2.11. The number of aromatic nitrogens is 2. The number of hydrogen-bond acceptors (Lipinski definition) is 3. The fraction of sp³-hybridized carbons (Fsp3) is 0.375. The minimum Gasteiger partial charge on any atom is -0.477 e. The number of alkyl halides is 3. The molecular formula is C16H16BrClF3N3O2. The Kier molecular flexibility index (Phi) is 6.23. The number of carboxylic acids is 1. The van der Waals surface area contributed by atoms with Crippen molar-refractivity contribution in [1.82, 2.24) is 9.55 Å². The number of nitrogens with zero attached hydrogens (tertiary/aromatic N) is 2. The molecule has 0 spiro atoms. The van der Waals surface area contributed by atoms with Gasteiger partial charge in [-0.15, -0.1) is 0 Å². The number of benzene rings is 1. The second kappa shape index (κ2) is 7.87. The summed E-state index contributed by atoms with van der Waals surface area (Å²) in [4.78, 5) is 14.6. The van der Waals surface area contributed by atoms with E-state index in [1.165, 1.54) is 0 Å². The molecule has 26 heavy (non-hydrogen) atoms. The molecule has 142 valence electrons. The van der Waals surface area contributed by atoms with Gasteiger partial charge < -0.3 is 15.0 Å². The van der Waals surface area contributed by atoms with Crippen molar-refractivity contribution in [3.8, 4) is 0 Å². The summed E-state index contributed by atoms with van der Waals surface area (Å²) in [5.41, 5.74) is 0.420. The van der Waals surface area contributed by atoms with E-state index in [1.807, 2.05) is 26.0 Å². The van der Waals surface area contributed by atoms with E-state index in [0.29, 0.717) is 18.0 Å². The SMILES string of the molecule is Cc1cc(C)c(NCCCn2c(Br)nc(C(F)(F)F)c2C(=O)O)c(Cl)c1. The van der Waals surface area contributed by atoms with Gasteiger partial charge in [-0.2, -0.15) is 13.2 Å². The van der Waals surface area contributed by atoms with Crippen molar-refractivity contribution in [3.63, 3.8) is 0 Å². The number of anilines is 1. The number of halogens is 5. The van der Waals surface area contributed by atoms with E-state index in [-0.39, 0.29) is 11.3 Å². The highest BCUT2D eigenvalue weighted by molar-refractivity contribution is 9.10. The van der Waals surface area contributed by atoms with Crippen LogP contribution in [0.3, 0.4) is 0 Å². The maximum Gasteiger partial charge on any atom is 0.435 e. The van der Waals surface area contributed by atoms with Crippen molar-refractivity contribution in [1.29, 1.82) is 0 Å². The van der Waals surface area contributed by atoms with Gasteiger partial charge in [-0.3, -0.25) is 0 Å². The molecule has 0 fully saturated rings. The van der Waals surface area contributed by atoms with Crippen molar-refractivity contribution in [2.24, 2.45) is 0 Å². The highest BCUT2D eigenvalue weighted by Crippen LogP contribution is 2.33. The first-order chi connectivity index (χ1) is 12.0. The lowest BCUT2D eigenvalue weighted by Gasteiger charge is -2.13. The quantitative estimate of drug-likeness (QED) is 0.594. The minimum absolute atomic E-state index is 0.0425. The van der Waals surface area contributed by atoms with Crippen LogP contribution in [-0.4, -0.2) is 27.2 Å². The molecule has 0 saturated carbocycles. The molecule has 1 aromatic heterocycles. The Bertz CT molecular complexity index is 814. The molecule has 0 bridgehead atoms. The molecular weight excluding hydrogens is 439 g/mol. The second-order valence-corrected chi connectivity index (χ2v) is 6.87. The van der Waals surface area contributed by atoms with Gasteiger partial charge in [-0.1, -0.05) is 17.7 Å². The molecule has 0 aliphatic rings. The number of aromatic carboxylic acids is 1. The molecule has 2 aromatic rings. The van der Waals surface area contributed by atoms with Gasteiger partial charge in [0.25, 0.3) is 0 Å². The summed E-state index contributed by atoms with van der Waals surface area (Å²) in [5, 5.41) is 12.8. The molecule has 0 unspecified atom stereocenters. The number of imidazole rings is 1. The van der Waals surface area contributed by atoms with Crippen molar-refractivity contribution >= 4 is 39.2 Å². The Hall–Kier alpha value is -1.74. The van der Waals surface area contributed by atoms with Gasteiger partial charge in [0.2, 0.25) is 0 Å². The Morgan fingerprint density at radius 1 is 1.38 bits per heavy atom. The summed E-state index contributed by atoms with van der Waals surface area (Å²) < 4.78 is 39.7. The summed E-state index contributed by atoms with van der Waals surface area (Å²) in [5.74, 6) is -1.68. The summed E-state index contributed by atoms with van der Waals surface area (Å²) in [6.45, 7) is 4.26. The van der Waals surface area contributed by atoms with Gasteiger partial charge in [0.15, 0.2) is 16.1 Å². The molecule has 0 amide bonds. The van der Waals surface area contributed by atoms with Crippen LogP contribution >= 0.6 is 27.5 Å². The molecule has 1 heterocycles. The molecule has 0 radical (unpaired) electrons. The van der Waals surface area contributed by atoms with Gasteiger partial charge >= 0.3 is 12.1 Å². The predicted molar refractivity (Wildman–Crippen MR) is 95.9 cm³/mol. The molecule has 2 rings (SSSR count). The van der Waals surface area contributed by atoms with Crippen LogP contribution in [0.2, 0.25) is 5.02 Å². The van der Waals surface area contributed by atoms with E-state index in [2.05, 4.69) is 26.2 Å². The van der Waals surface area contributed by atoms with Crippen LogP contribution in [0.25, 0.3) is 0 Å². The maximum absolute atomic E-state index is 12.9. The maximum atomic E-state index is 12.9. The molecule has 0 aliphatic carbocycles. The molecule has 2 N–H and O–H groups in total. The normalized spacial score (nSPS) is 11.7. The number of nitrogens with one attached hydrogen (secondary N) is 1. The molecule has 0 aliphatic heterocycles. The lowest BCUT2D eigenvalue weighted by atomic mass is 10.1. The topological polar surface area (TPSA) is 67.2 Å². The first-order valence-corrected chi connectivity index (χ1v) is 8.76. The summed E-state index contributed by atoms with van der Waals surface area (Å²) >= 11 is 9.09. The fourth-order valence-corrected chi connectivity index (χ4v) is 3.55. The smallest absolute Gasteiger partial charge is 0.435 e. The van der Waals surface area contributed by atoms with Gasteiger partial charge in [0.1, 0.15) is 0 Å². The van der Waals surface area contributed by atoms with Crippen LogP contribution in [0.5, 0.6) is 0 Å². The van der Waals surface area contributed by atoms with E-state index in [9.17, 15) is 18.0 Å². The lowest BCUT2D eigenvalue weighted by molar-refractivity contribution is -0.141. The van der Waals surface area contributed by atoms with Gasteiger partial charge in [0.05, 0.1) is 10.7 Å². The van der Waals surface area contributed by atoms with Gasteiger partial charge in [-0.05, 0) is 53.4 Å². The monoisotopic (exact) mass is 453 g/mol. The van der Waals surface area contributed by atoms with Crippen LogP contribution in [0.4, 0.5) is 18.9 Å². The van der Waals surface area contributed by atoms with E-state index in [0.717, 1.165) is 21.4 Å². The molecule has 10 heteroatoms. The van der Waals surface area contributed by atoms with Gasteiger partial charge in [-0.25, -0.2) is 9.78 Å². The Morgan fingerprint density at radius 3 is 2.58 bits per heavy atom. The van der Waals surface area contributed by atoms with Crippen LogP contribution < -0.4 is 5.32 Å². The Morgan fingerprint density at radius 2 is 2.04 bits per heavy atom. The molecule has 1 aromatic carbocycles. The third kappa shape index (κ3) is 4.50. The highest BCUT2D eigenvalue weighted by atomic mass is 79.9. The first-order valence-electron chi connectivity index (χ1n) is 7.59. The fourth-order valence-electron chi connectivity index (χ4n) is 2.63.